The van der Waals surface area contributed by atoms with E-state index in [1.54, 1.807) is 44.2 Å². The maximum absolute atomic E-state index is 13.3. The van der Waals surface area contributed by atoms with Gasteiger partial charge in [0.2, 0.25) is 0 Å². The molecular weight excluding hydrogens is 405 g/mol. The van der Waals surface area contributed by atoms with Gasteiger partial charge < -0.3 is 4.74 Å². The Balaban J connectivity index is 2.02. The number of hydrogen-bond donors (Lipinski definition) is 0. The van der Waals surface area contributed by atoms with Crippen LogP contribution in [0.2, 0.25) is 0 Å². The summed E-state index contributed by atoms with van der Waals surface area (Å²) in [6.45, 7) is 3.72. The molecule has 0 spiro atoms. The predicted molar refractivity (Wildman–Crippen MR) is 111 cm³/mol. The fraction of sp³-hybridized carbons (Fsp3) is 0.182. The summed E-state index contributed by atoms with van der Waals surface area (Å²) in [6, 6.07) is 14.1. The minimum atomic E-state index is -0.501. The molecule has 30 heavy (non-hydrogen) atoms. The largest absolute Gasteiger partial charge is 0.462 e. The third-order valence-electron chi connectivity index (χ3n) is 4.21. The van der Waals surface area contributed by atoms with Crippen LogP contribution in [0, 0.1) is 24.1 Å². The molecule has 8 heteroatoms. The molecule has 0 N–H and O–H groups in total. The van der Waals surface area contributed by atoms with Gasteiger partial charge in [0.15, 0.2) is 5.13 Å². The van der Waals surface area contributed by atoms with Crippen LogP contribution in [0.5, 0.6) is 0 Å². The van der Waals surface area contributed by atoms with E-state index in [2.05, 4.69) is 4.98 Å². The molecule has 0 unspecified atom stereocenters. The molecule has 1 aromatic heterocycles. The number of ether oxygens (including phenoxy) is 1. The minimum Gasteiger partial charge on any atom is -0.462 e. The van der Waals surface area contributed by atoms with Gasteiger partial charge in [0.25, 0.3) is 5.91 Å². The van der Waals surface area contributed by atoms with Crippen molar-refractivity contribution in [1.29, 1.82) is 5.26 Å². The number of amides is 1. The second-order valence-corrected chi connectivity index (χ2v) is 7.32. The Labute approximate surface area is 177 Å². The number of aromatic nitrogens is 1. The highest BCUT2D eigenvalue weighted by Crippen LogP contribution is 2.29. The summed E-state index contributed by atoms with van der Waals surface area (Å²) < 4.78 is 18.4. The van der Waals surface area contributed by atoms with E-state index in [0.29, 0.717) is 32.4 Å². The molecule has 0 aliphatic heterocycles. The highest BCUT2D eigenvalue weighted by Gasteiger charge is 2.25. The van der Waals surface area contributed by atoms with Crippen LogP contribution >= 0.6 is 11.3 Å². The summed E-state index contributed by atoms with van der Waals surface area (Å²) in [5.74, 6) is -1.27. The van der Waals surface area contributed by atoms with E-state index in [4.69, 9.17) is 10.00 Å². The van der Waals surface area contributed by atoms with E-state index < -0.39 is 5.97 Å². The molecule has 6 nitrogen and oxygen atoms in total. The van der Waals surface area contributed by atoms with Crippen LogP contribution in [0.1, 0.15) is 43.8 Å². The van der Waals surface area contributed by atoms with Crippen molar-refractivity contribution in [3.63, 3.8) is 0 Å². The minimum absolute atomic E-state index is 0.116. The topological polar surface area (TPSA) is 83.3 Å². The molecule has 152 valence electrons. The number of esters is 1. The van der Waals surface area contributed by atoms with Crippen molar-refractivity contribution in [2.75, 3.05) is 11.5 Å². The molecule has 3 aromatic rings. The molecule has 3 rings (SSSR count). The van der Waals surface area contributed by atoms with Gasteiger partial charge in [0.05, 0.1) is 30.5 Å². The van der Waals surface area contributed by atoms with Crippen LogP contribution in [-0.2, 0) is 11.3 Å². The number of thiazole rings is 1. The molecule has 1 amide bonds. The average molecular weight is 423 g/mol. The van der Waals surface area contributed by atoms with Crippen molar-refractivity contribution < 1.29 is 18.7 Å². The van der Waals surface area contributed by atoms with Gasteiger partial charge in [-0.1, -0.05) is 29.5 Å². The number of carbonyl (C=O) groups is 2. The molecule has 0 saturated carbocycles. The summed E-state index contributed by atoms with van der Waals surface area (Å²) >= 11 is 1.05. The average Bonchev–Trinajstić information content (AvgIpc) is 3.14. The number of nitrogens with zero attached hydrogens (tertiary/aromatic N) is 3. The Morgan fingerprint density at radius 1 is 1.23 bits per heavy atom. The van der Waals surface area contributed by atoms with E-state index in [-0.39, 0.29) is 24.9 Å². The first-order chi connectivity index (χ1) is 14.4. The Morgan fingerprint density at radius 2 is 1.97 bits per heavy atom. The van der Waals surface area contributed by atoms with Crippen molar-refractivity contribution >= 4 is 28.3 Å². The first-order valence-electron chi connectivity index (χ1n) is 9.14. The summed E-state index contributed by atoms with van der Waals surface area (Å²) in [4.78, 5) is 31.6. The highest BCUT2D eigenvalue weighted by atomic mass is 32.1. The Hall–Kier alpha value is -3.57. The number of aryl methyl sites for hydroxylation is 1. The lowest BCUT2D eigenvalue weighted by molar-refractivity contribution is 0.0531. The zero-order valence-electron chi connectivity index (χ0n) is 16.4. The molecule has 0 atom stereocenters. The van der Waals surface area contributed by atoms with Gasteiger partial charge in [-0.15, -0.1) is 0 Å². The number of halogens is 1. The lowest BCUT2D eigenvalue weighted by atomic mass is 10.1. The van der Waals surface area contributed by atoms with Crippen LogP contribution in [0.4, 0.5) is 9.52 Å². The smallest absolute Gasteiger partial charge is 0.350 e. The van der Waals surface area contributed by atoms with Crippen molar-refractivity contribution in [3.8, 4) is 6.07 Å². The van der Waals surface area contributed by atoms with Gasteiger partial charge in [0.1, 0.15) is 10.7 Å². The maximum atomic E-state index is 13.3. The molecular formula is C22H18FN3O3S. The van der Waals surface area contributed by atoms with E-state index in [1.165, 1.54) is 23.1 Å². The van der Waals surface area contributed by atoms with Crippen molar-refractivity contribution in [2.24, 2.45) is 0 Å². The van der Waals surface area contributed by atoms with Gasteiger partial charge in [-0.3, -0.25) is 9.69 Å². The van der Waals surface area contributed by atoms with Crippen LogP contribution < -0.4 is 4.90 Å². The standard InChI is InChI=1S/C22H18FN3O3S/c1-3-29-21(28)19-14(2)25-22(30-19)26(13-15-7-9-18(23)10-8-15)20(27)17-6-4-5-16(11-17)12-24/h4-11H,3,13H2,1-2H3. The Morgan fingerprint density at radius 3 is 2.63 bits per heavy atom. The van der Waals surface area contributed by atoms with Gasteiger partial charge in [-0.25, -0.2) is 14.2 Å². The predicted octanol–water partition coefficient (Wildman–Crippen LogP) is 4.49. The molecule has 0 aliphatic carbocycles. The second-order valence-electron chi connectivity index (χ2n) is 6.34. The number of anilines is 1. The van der Waals surface area contributed by atoms with Crippen LogP contribution in [0.15, 0.2) is 48.5 Å². The molecule has 0 fully saturated rings. The molecule has 1 heterocycles. The fourth-order valence-corrected chi connectivity index (χ4v) is 3.72. The molecule has 2 aromatic carbocycles. The number of nitriles is 1. The molecule has 0 saturated heterocycles. The van der Waals surface area contributed by atoms with Crippen molar-refractivity contribution in [3.05, 3.63) is 81.6 Å². The lowest BCUT2D eigenvalue weighted by Gasteiger charge is -2.20. The third-order valence-corrected chi connectivity index (χ3v) is 5.38. The van der Waals surface area contributed by atoms with Crippen molar-refractivity contribution in [2.45, 2.75) is 20.4 Å². The van der Waals surface area contributed by atoms with Gasteiger partial charge >= 0.3 is 5.97 Å². The molecule has 0 bridgehead atoms. The van der Waals surface area contributed by atoms with E-state index in [0.717, 1.165) is 11.3 Å². The van der Waals surface area contributed by atoms with E-state index in [1.807, 2.05) is 6.07 Å². The third kappa shape index (κ3) is 4.70. The Bertz CT molecular complexity index is 1120. The zero-order valence-corrected chi connectivity index (χ0v) is 17.2. The second kappa shape index (κ2) is 9.29. The van der Waals surface area contributed by atoms with Gasteiger partial charge in [-0.05, 0) is 49.7 Å². The number of hydrogen-bond acceptors (Lipinski definition) is 6. The Kier molecular flexibility index (Phi) is 6.54. The number of benzene rings is 2. The summed E-state index contributed by atoms with van der Waals surface area (Å²) in [5.41, 5.74) is 1.80. The lowest BCUT2D eigenvalue weighted by Crippen LogP contribution is -2.30. The summed E-state index contributed by atoms with van der Waals surface area (Å²) in [6.07, 6.45) is 0. The monoisotopic (exact) mass is 423 g/mol. The highest BCUT2D eigenvalue weighted by molar-refractivity contribution is 7.17. The SMILES string of the molecule is CCOC(=O)c1sc(N(Cc2ccc(F)cc2)C(=O)c2cccc(C#N)c2)nc1C. The van der Waals surface area contributed by atoms with E-state index >= 15 is 0 Å². The van der Waals surface area contributed by atoms with Crippen LogP contribution in [-0.4, -0.2) is 23.5 Å². The summed E-state index contributed by atoms with van der Waals surface area (Å²) in [7, 11) is 0. The van der Waals surface area contributed by atoms with E-state index in [9.17, 15) is 14.0 Å². The van der Waals surface area contributed by atoms with Crippen LogP contribution in [0.3, 0.4) is 0 Å². The van der Waals surface area contributed by atoms with Crippen molar-refractivity contribution in [1.82, 2.24) is 4.98 Å². The summed E-state index contributed by atoms with van der Waals surface area (Å²) in [5, 5.41) is 9.45. The number of rotatable bonds is 6. The normalized spacial score (nSPS) is 10.3. The quantitative estimate of drug-likeness (QED) is 0.546. The van der Waals surface area contributed by atoms with Crippen LogP contribution in [0.25, 0.3) is 0 Å². The molecule has 0 radical (unpaired) electrons. The first-order valence-corrected chi connectivity index (χ1v) is 9.95. The fourth-order valence-electron chi connectivity index (χ4n) is 2.76. The molecule has 0 aliphatic rings. The zero-order chi connectivity index (χ0) is 21.7. The maximum Gasteiger partial charge on any atom is 0.350 e. The first kappa shape index (κ1) is 21.1. The van der Waals surface area contributed by atoms with Gasteiger partial charge in [-0.2, -0.15) is 5.26 Å². The number of carbonyl (C=O) groups excluding carboxylic acids is 2. The van der Waals surface area contributed by atoms with Gasteiger partial charge in [0, 0.05) is 5.56 Å².